The fourth-order valence-electron chi connectivity index (χ4n) is 17.9. The van der Waals surface area contributed by atoms with E-state index in [9.17, 15) is 222 Å². The molecule has 69 nitrogen and oxygen atoms in total. The lowest BCUT2D eigenvalue weighted by molar-refractivity contribution is -0.417. The molecule has 58 atom stereocenters. The van der Waals surface area contributed by atoms with Gasteiger partial charge in [0.1, 0.15) is 262 Å². The zero-order valence-electron chi connectivity index (χ0n) is 74.5. The van der Waals surface area contributed by atoms with E-state index in [1.807, 2.05) is 0 Å². The third-order valence-corrected chi connectivity index (χ3v) is 26.8. The Labute approximate surface area is 807 Å². The lowest BCUT2D eigenvalue weighted by atomic mass is 9.89. The molecular formula is C73H126N2O67P2. The van der Waals surface area contributed by atoms with Gasteiger partial charge in [0, 0.05) is 12.8 Å². The van der Waals surface area contributed by atoms with Gasteiger partial charge in [-0.05, 0) is 0 Å². The first-order valence-electron chi connectivity index (χ1n) is 44.2. The van der Waals surface area contributed by atoms with E-state index < -0.39 is 468 Å². The van der Waals surface area contributed by atoms with Gasteiger partial charge in [0.25, 0.3) is 11.6 Å². The molecule has 11 aliphatic heterocycles. The van der Waals surface area contributed by atoms with Gasteiger partial charge in [-0.2, -0.15) is 0 Å². The number of ether oxygens (including phenoxy) is 21. The SMILES string of the molecule is N[C@H]1[C@@H](OC[C@H](O)[C@H]2O[C@H](OC[C@H](O)[C@H]3O[C@H](O[C@@H]4[C@H](O)[C@@H](O[C@H]5[C@@H]([C@H](O)CO)O[C@@](O)(C(=O)O)C[C@H]5O[C@]5(C(=O)O)C[C@@H](O)[C@@H](O)[C@@H]([C@H](O)CO)O5)O[C@H]([C@@H](O)CO)[C@H]4OP(=O)(O)O)[C@@H](O)[C@@H](O[C@H]4O[C@H](CO)[C@@H](O)[C@H](O[C@H]5O[C@H](CO)[C@H](O)[C@H](O[C@H]6O[C@H](CO)[C@@H](O)[C@H](O)[C@H]6N)[C@H]5O[C@H]5O[C@H](CO)[C@@H](O)[C@H](O)[C@H]5O[C@H]5O[C@H](CO)[C@@H](O)[C@H](O)[C@H]5O)[C@H]4O)[C@@H]3OP(=O)(O)O)[C@@H](O)[C@@H](O)[C@@H]2O)O[C@H](CO)[C@@H](O)[C@@H]1O. The number of aliphatic carboxylic acids is 2. The lowest BCUT2D eigenvalue weighted by Crippen LogP contribution is -2.71. The number of hydrogen-bond acceptors (Lipinski definition) is 63. The molecule has 0 amide bonds. The fraction of sp³-hybridized carbons (Fsp3) is 0.973. The van der Waals surface area contributed by atoms with Crippen LogP contribution >= 0.6 is 15.6 Å². The highest BCUT2D eigenvalue weighted by Gasteiger charge is 2.67. The molecule has 144 heavy (non-hydrogen) atoms. The van der Waals surface area contributed by atoms with Gasteiger partial charge in [0.15, 0.2) is 56.6 Å². The summed E-state index contributed by atoms with van der Waals surface area (Å²) < 4.78 is 159. The average molecular weight is 2170 g/mol. The lowest BCUT2D eigenvalue weighted by Gasteiger charge is -2.52. The van der Waals surface area contributed by atoms with Crippen LogP contribution in [0.25, 0.3) is 0 Å². The summed E-state index contributed by atoms with van der Waals surface area (Å²) in [6, 6.07) is -3.65. The minimum Gasteiger partial charge on any atom is -0.477 e. The van der Waals surface area contributed by atoms with Crippen LogP contribution in [0.1, 0.15) is 12.8 Å². The zero-order valence-corrected chi connectivity index (χ0v) is 76.3. The average Bonchev–Trinajstić information content (AvgIpc) is 0.700. The fourth-order valence-corrected chi connectivity index (χ4v) is 19.0. The predicted molar refractivity (Wildman–Crippen MR) is 428 cm³/mol. The van der Waals surface area contributed by atoms with E-state index in [1.165, 1.54) is 0 Å². The monoisotopic (exact) mass is 2160 g/mol. The van der Waals surface area contributed by atoms with Crippen LogP contribution in [0, 0.1) is 0 Å². The van der Waals surface area contributed by atoms with Gasteiger partial charge in [-0.25, -0.2) is 18.7 Å². The number of phosphoric ester groups is 2. The van der Waals surface area contributed by atoms with Crippen molar-refractivity contribution in [2.75, 3.05) is 72.7 Å². The number of nitrogens with two attached hydrogens (primary N) is 2. The third kappa shape index (κ3) is 26.5. The third-order valence-electron chi connectivity index (χ3n) is 25.8. The van der Waals surface area contributed by atoms with Crippen LogP contribution in [0.3, 0.4) is 0 Å². The molecule has 11 saturated heterocycles. The van der Waals surface area contributed by atoms with Crippen molar-refractivity contribution in [2.24, 2.45) is 11.5 Å². The molecule has 0 aromatic rings. The van der Waals surface area contributed by atoms with E-state index >= 15 is 0 Å². The van der Waals surface area contributed by atoms with Crippen molar-refractivity contribution in [2.45, 2.75) is 368 Å². The Morgan fingerprint density at radius 3 is 1.12 bits per heavy atom. The van der Waals surface area contributed by atoms with Crippen LogP contribution < -0.4 is 11.5 Å². The Morgan fingerprint density at radius 1 is 0.306 bits per heavy atom. The Hall–Kier alpha value is -3.12. The summed E-state index contributed by atoms with van der Waals surface area (Å²) >= 11 is 0. The number of rotatable bonds is 42. The number of aliphatic hydroxyl groups is 34. The van der Waals surface area contributed by atoms with Crippen molar-refractivity contribution in [1.82, 2.24) is 0 Å². The first-order valence-corrected chi connectivity index (χ1v) is 47.3. The summed E-state index contributed by atoms with van der Waals surface area (Å²) in [5, 5.41) is 402. The summed E-state index contributed by atoms with van der Waals surface area (Å²) in [5.74, 6) is -12.3. The van der Waals surface area contributed by atoms with Gasteiger partial charge in [0.05, 0.1) is 97.0 Å². The number of aliphatic hydroxyl groups excluding tert-OH is 33. The summed E-state index contributed by atoms with van der Waals surface area (Å²) in [7, 11) is -12.9. The van der Waals surface area contributed by atoms with Crippen LogP contribution in [0.2, 0.25) is 0 Å². The van der Waals surface area contributed by atoms with E-state index in [2.05, 4.69) is 0 Å². The molecule has 0 aliphatic carbocycles. The van der Waals surface area contributed by atoms with Gasteiger partial charge < -0.3 is 314 Å². The second-order valence-corrected chi connectivity index (χ2v) is 38.0. The Balaban J connectivity index is 1.01. The minimum atomic E-state index is -6.52. The summed E-state index contributed by atoms with van der Waals surface area (Å²) in [6.45, 7) is -15.1. The molecule has 71 heteroatoms. The predicted octanol–water partition coefficient (Wildman–Crippen LogP) is -27.0. The summed E-state index contributed by atoms with van der Waals surface area (Å²) in [5.41, 5.74) is 12.2. The molecular weight excluding hydrogens is 2040 g/mol. The molecule has 11 heterocycles. The number of carboxylic acids is 2. The van der Waals surface area contributed by atoms with E-state index in [4.69, 9.17) is 120 Å². The number of phosphoric acid groups is 2. The van der Waals surface area contributed by atoms with E-state index in [0.29, 0.717) is 0 Å². The smallest absolute Gasteiger partial charge is 0.470 e. The van der Waals surface area contributed by atoms with E-state index in [-0.39, 0.29) is 0 Å². The Bertz CT molecular complexity index is 4080. The van der Waals surface area contributed by atoms with Gasteiger partial charge in [0.2, 0.25) is 0 Å². The summed E-state index contributed by atoms with van der Waals surface area (Å²) in [4.78, 5) is 69.5. The maximum atomic E-state index is 13.6. The van der Waals surface area contributed by atoms with Gasteiger partial charge in [-0.1, -0.05) is 0 Å². The highest BCUT2D eigenvalue weighted by molar-refractivity contribution is 7.46. The van der Waals surface area contributed by atoms with Crippen molar-refractivity contribution in [3.8, 4) is 0 Å². The van der Waals surface area contributed by atoms with Gasteiger partial charge in [-0.15, -0.1) is 0 Å². The second-order valence-electron chi connectivity index (χ2n) is 35.6. The van der Waals surface area contributed by atoms with Crippen molar-refractivity contribution in [3.05, 3.63) is 0 Å². The number of hydrogen-bond donors (Lipinski definition) is 42. The van der Waals surface area contributed by atoms with Crippen molar-refractivity contribution in [3.63, 3.8) is 0 Å². The highest BCUT2D eigenvalue weighted by Crippen LogP contribution is 2.50. The van der Waals surface area contributed by atoms with Crippen LogP contribution in [-0.2, 0) is 127 Å². The standard InChI is InChI=1S/C73H126N2O67P2/c74-27-36(98)30(92)21(6-79)122-61(27)120-12-18(89)47-41(103)39(101)42(104)63(128-47)121-13-19(90)50-59(142-144(117,118)119)56(46(108)67(130-50)135-55-45(107)66(129-49(16(87)4-77)58(55)141-143(114,115)116)131-52-20(2-72(113,70(109)110)139-51(52)17(88)5-78)138-73(71(111)112)1-14(85)29(91)48(140-73)15(86)3-76)134-65-44(106)53(34(96)25(10-83)125-65)132-69-60(54(35(97)26(11-84)127-69)133-62-28(75)37(99)31(93)22(7-80)123-62)137-68-57(40(102)33(95)24(9-82)126-68)136-64-43(105)38(100)32(94)23(8-81)124-64/h14-69,76-108,113H,1-13,74-75H2,(H,109,110)(H,111,112)(H2,114,115,116)(H2,117,118,119)/t14-,15-,16+,17-,18+,19+,20-,21-,22-,23-,24-,25-,26-,27-,28-,29-,30-,31-,32-,33-,34-,35+,36-,37-,38+,39+,40+,41+,42+,43-,44-,45+,46+,47-,48-,49-,50-,51-,52-,53+,54+,55-,56-,57-,58-,59-,60-,61+,62-,63+,64-,65-,66-,67-,68-,69-,72-,73-/m1/s1. The normalized spacial score (nSPS) is 48.7. The van der Waals surface area contributed by atoms with Crippen LogP contribution in [0.15, 0.2) is 0 Å². The second kappa shape index (κ2) is 50.6. The van der Waals surface area contributed by atoms with E-state index in [0.717, 1.165) is 0 Å². The molecule has 11 fully saturated rings. The molecule has 0 aromatic heterocycles. The largest absolute Gasteiger partial charge is 0.477 e. The molecule has 0 bridgehead atoms. The quantitative estimate of drug-likeness (QED) is 0.0252. The highest BCUT2D eigenvalue weighted by atomic mass is 31.2. The van der Waals surface area contributed by atoms with Gasteiger partial charge >= 0.3 is 27.6 Å². The molecule has 0 saturated carbocycles. The molecule has 11 aliphatic rings. The summed E-state index contributed by atoms with van der Waals surface area (Å²) in [6.07, 6.45) is -141. The van der Waals surface area contributed by atoms with Gasteiger partial charge in [-0.3, -0.25) is 9.05 Å². The minimum absolute atomic E-state index is 0.954. The molecule has 0 unspecified atom stereocenters. The number of carbonyl (C=O) groups is 2. The first-order chi connectivity index (χ1) is 67.5. The molecule has 0 radical (unpaired) electrons. The topological polar surface area (TPSA) is 1140 Å². The first kappa shape index (κ1) is 121. The molecule has 11 rings (SSSR count). The number of carboxylic acid groups (broad SMARTS) is 2. The maximum Gasteiger partial charge on any atom is 0.470 e. The van der Waals surface area contributed by atoms with Crippen molar-refractivity contribution >= 4 is 27.6 Å². The van der Waals surface area contributed by atoms with Crippen LogP contribution in [0.4, 0.5) is 0 Å². The Morgan fingerprint density at radius 2 is 0.639 bits per heavy atom. The van der Waals surface area contributed by atoms with Crippen LogP contribution in [0.5, 0.6) is 0 Å². The molecule has 0 spiro atoms. The van der Waals surface area contributed by atoms with Crippen LogP contribution in [-0.4, -0.2) is 643 Å². The maximum absolute atomic E-state index is 13.6. The molecule has 44 N–H and O–H groups in total. The Kier molecular flexibility index (Phi) is 42.6. The molecule has 840 valence electrons. The van der Waals surface area contributed by atoms with E-state index in [1.54, 1.807) is 0 Å². The van der Waals surface area contributed by atoms with Crippen molar-refractivity contribution in [1.29, 1.82) is 0 Å². The van der Waals surface area contributed by atoms with Crippen molar-refractivity contribution < 1.29 is 331 Å². The zero-order chi connectivity index (χ0) is 107. The molecule has 0 aromatic carbocycles.